The Hall–Kier alpha value is -3.04. The normalized spacial score (nSPS) is 18.0. The molecule has 1 aliphatic carbocycles. The second-order valence-electron chi connectivity index (χ2n) is 8.29. The smallest absolute Gasteiger partial charge is 0.407 e. The number of hydrogen-bond acceptors (Lipinski definition) is 6. The van der Waals surface area contributed by atoms with Crippen LogP contribution in [0.1, 0.15) is 23.5 Å². The number of alkyl carbamates (subject to hydrolysis) is 1. The predicted octanol–water partition coefficient (Wildman–Crippen LogP) is 2.96. The summed E-state index contributed by atoms with van der Waals surface area (Å²) < 4.78 is 10.8. The van der Waals surface area contributed by atoms with Crippen LogP contribution in [0.2, 0.25) is 0 Å². The lowest BCUT2D eigenvalue weighted by Gasteiger charge is -2.36. The number of methoxy groups -OCH3 is 1. The Morgan fingerprint density at radius 1 is 1.12 bits per heavy atom. The number of benzene rings is 2. The summed E-state index contributed by atoms with van der Waals surface area (Å²) in [6, 6.07) is 15.8. The first-order valence-corrected chi connectivity index (χ1v) is 12.4. The van der Waals surface area contributed by atoms with Crippen LogP contribution < -0.4 is 5.32 Å². The van der Waals surface area contributed by atoms with Crippen LogP contribution in [0.3, 0.4) is 0 Å². The number of amides is 2. The Morgan fingerprint density at radius 3 is 2.38 bits per heavy atom. The fourth-order valence-electron chi connectivity index (χ4n) is 4.60. The molecular formula is C25H28N2O6S. The van der Waals surface area contributed by atoms with E-state index < -0.39 is 24.2 Å². The van der Waals surface area contributed by atoms with Crippen molar-refractivity contribution in [1.29, 1.82) is 0 Å². The molecule has 0 radical (unpaired) electrons. The molecule has 1 aliphatic heterocycles. The molecule has 2 aromatic rings. The van der Waals surface area contributed by atoms with E-state index in [0.717, 1.165) is 28.0 Å². The SMILES string of the molecule is COC(CNC(=O)OCC1c2ccccc2-c2ccccc21)C(=O)N1CCSCC1CC(=O)O. The predicted molar refractivity (Wildman–Crippen MR) is 129 cm³/mol. The van der Waals surface area contributed by atoms with Crippen LogP contribution in [0.5, 0.6) is 0 Å². The summed E-state index contributed by atoms with van der Waals surface area (Å²) >= 11 is 1.62. The van der Waals surface area contributed by atoms with E-state index in [-0.39, 0.29) is 31.4 Å². The molecule has 4 rings (SSSR count). The van der Waals surface area contributed by atoms with Gasteiger partial charge in [-0.1, -0.05) is 48.5 Å². The Bertz CT molecular complexity index is 1020. The van der Waals surface area contributed by atoms with Crippen molar-refractivity contribution in [2.24, 2.45) is 0 Å². The standard InChI is InChI=1S/C25H28N2O6S/c1-32-22(24(30)27-10-11-34-15-16(27)12-23(28)29)13-26-25(31)33-14-21-19-8-4-2-6-17(19)18-7-3-5-9-20(18)21/h2-9,16,21-22H,10-15H2,1H3,(H,26,31)(H,28,29). The van der Waals surface area contributed by atoms with E-state index in [9.17, 15) is 14.4 Å². The number of hydrogen-bond donors (Lipinski definition) is 2. The second-order valence-corrected chi connectivity index (χ2v) is 9.44. The number of carbonyl (C=O) groups is 3. The molecule has 2 atom stereocenters. The number of carboxylic acid groups (broad SMARTS) is 1. The number of carbonyl (C=O) groups excluding carboxylic acids is 2. The van der Waals surface area contributed by atoms with E-state index in [4.69, 9.17) is 14.6 Å². The number of ether oxygens (including phenoxy) is 2. The number of carboxylic acids is 1. The third-order valence-corrected chi connectivity index (χ3v) is 7.35. The molecule has 1 saturated heterocycles. The van der Waals surface area contributed by atoms with Crippen LogP contribution in [0.25, 0.3) is 11.1 Å². The van der Waals surface area contributed by atoms with Crippen molar-refractivity contribution in [2.75, 3.05) is 38.3 Å². The van der Waals surface area contributed by atoms with Crippen LogP contribution in [0.15, 0.2) is 48.5 Å². The van der Waals surface area contributed by atoms with Crippen molar-refractivity contribution >= 4 is 29.7 Å². The molecule has 1 heterocycles. The van der Waals surface area contributed by atoms with Gasteiger partial charge in [0.1, 0.15) is 6.61 Å². The molecule has 2 N–H and O–H groups in total. The summed E-state index contributed by atoms with van der Waals surface area (Å²) in [4.78, 5) is 38.2. The second kappa shape index (κ2) is 10.9. The maximum absolute atomic E-state index is 13.0. The highest BCUT2D eigenvalue weighted by Gasteiger charge is 2.34. The van der Waals surface area contributed by atoms with E-state index in [0.29, 0.717) is 12.3 Å². The average molecular weight is 485 g/mol. The fraction of sp³-hybridized carbons (Fsp3) is 0.400. The van der Waals surface area contributed by atoms with Crippen LogP contribution in [-0.2, 0) is 19.1 Å². The lowest BCUT2D eigenvalue weighted by atomic mass is 9.98. The Kier molecular flexibility index (Phi) is 7.74. The molecule has 0 saturated carbocycles. The average Bonchev–Trinajstić information content (AvgIpc) is 3.16. The van der Waals surface area contributed by atoms with Gasteiger partial charge < -0.3 is 24.8 Å². The van der Waals surface area contributed by atoms with E-state index in [1.54, 1.807) is 16.7 Å². The molecule has 2 unspecified atom stereocenters. The lowest BCUT2D eigenvalue weighted by molar-refractivity contribution is -0.146. The zero-order chi connectivity index (χ0) is 24.1. The van der Waals surface area contributed by atoms with Gasteiger partial charge in [-0.25, -0.2) is 4.79 Å². The molecule has 2 amide bonds. The van der Waals surface area contributed by atoms with Gasteiger partial charge >= 0.3 is 12.1 Å². The molecule has 0 spiro atoms. The first-order chi connectivity index (χ1) is 16.5. The molecule has 0 aromatic heterocycles. The topological polar surface area (TPSA) is 105 Å². The van der Waals surface area contributed by atoms with Crippen LogP contribution in [0, 0.1) is 0 Å². The maximum atomic E-state index is 13.0. The molecule has 9 heteroatoms. The third kappa shape index (κ3) is 5.20. The Balaban J connectivity index is 1.33. The van der Waals surface area contributed by atoms with Crippen molar-refractivity contribution in [1.82, 2.24) is 10.2 Å². The highest BCUT2D eigenvalue weighted by Crippen LogP contribution is 2.44. The summed E-state index contributed by atoms with van der Waals surface area (Å²) in [5, 5.41) is 11.8. The quantitative estimate of drug-likeness (QED) is 0.594. The van der Waals surface area contributed by atoms with Crippen molar-refractivity contribution in [3.05, 3.63) is 59.7 Å². The minimum absolute atomic E-state index is 0.0550. The number of nitrogens with one attached hydrogen (secondary N) is 1. The maximum Gasteiger partial charge on any atom is 0.407 e. The molecular weight excluding hydrogens is 456 g/mol. The van der Waals surface area contributed by atoms with Gasteiger partial charge in [-0.3, -0.25) is 9.59 Å². The van der Waals surface area contributed by atoms with Gasteiger partial charge in [0.25, 0.3) is 5.91 Å². The largest absolute Gasteiger partial charge is 0.481 e. The van der Waals surface area contributed by atoms with Crippen molar-refractivity contribution < 1.29 is 29.0 Å². The van der Waals surface area contributed by atoms with E-state index in [1.165, 1.54) is 7.11 Å². The summed E-state index contributed by atoms with van der Waals surface area (Å²) in [5.41, 5.74) is 4.53. The van der Waals surface area contributed by atoms with Gasteiger partial charge in [0.15, 0.2) is 6.10 Å². The van der Waals surface area contributed by atoms with E-state index in [2.05, 4.69) is 17.4 Å². The highest BCUT2D eigenvalue weighted by molar-refractivity contribution is 7.99. The number of rotatable bonds is 8. The summed E-state index contributed by atoms with van der Waals surface area (Å²) in [7, 11) is 1.40. The minimum atomic E-state index is -0.948. The van der Waals surface area contributed by atoms with Gasteiger partial charge in [0.2, 0.25) is 0 Å². The molecule has 180 valence electrons. The van der Waals surface area contributed by atoms with Crippen LogP contribution in [-0.4, -0.2) is 78.4 Å². The van der Waals surface area contributed by atoms with Crippen LogP contribution in [0.4, 0.5) is 4.79 Å². The van der Waals surface area contributed by atoms with Gasteiger partial charge in [0, 0.05) is 31.1 Å². The number of fused-ring (bicyclic) bond motifs is 3. The molecule has 2 aromatic carbocycles. The minimum Gasteiger partial charge on any atom is -0.481 e. The molecule has 2 aliphatic rings. The van der Waals surface area contributed by atoms with E-state index in [1.807, 2.05) is 36.4 Å². The fourth-order valence-corrected chi connectivity index (χ4v) is 5.66. The number of aliphatic carboxylic acids is 1. The highest BCUT2D eigenvalue weighted by atomic mass is 32.2. The monoisotopic (exact) mass is 484 g/mol. The molecule has 8 nitrogen and oxygen atoms in total. The zero-order valence-electron chi connectivity index (χ0n) is 18.9. The Labute approximate surface area is 202 Å². The first-order valence-electron chi connectivity index (χ1n) is 11.2. The third-order valence-electron chi connectivity index (χ3n) is 6.26. The Morgan fingerprint density at radius 2 is 1.76 bits per heavy atom. The number of nitrogens with zero attached hydrogens (tertiary/aromatic N) is 1. The van der Waals surface area contributed by atoms with Crippen molar-refractivity contribution in [3.63, 3.8) is 0 Å². The van der Waals surface area contributed by atoms with Gasteiger partial charge in [-0.2, -0.15) is 11.8 Å². The first kappa shape index (κ1) is 24.1. The van der Waals surface area contributed by atoms with E-state index >= 15 is 0 Å². The lowest BCUT2D eigenvalue weighted by Crippen LogP contribution is -2.53. The van der Waals surface area contributed by atoms with Gasteiger partial charge in [0.05, 0.1) is 19.0 Å². The summed E-state index contributed by atoms with van der Waals surface area (Å²) in [5.74, 6) is -0.0310. The van der Waals surface area contributed by atoms with Crippen molar-refractivity contribution in [2.45, 2.75) is 24.5 Å². The van der Waals surface area contributed by atoms with Crippen molar-refractivity contribution in [3.8, 4) is 11.1 Å². The summed E-state index contributed by atoms with van der Waals surface area (Å²) in [6.45, 7) is 0.567. The molecule has 1 fully saturated rings. The number of thioether (sulfide) groups is 1. The molecule has 0 bridgehead atoms. The van der Waals surface area contributed by atoms with Crippen LogP contribution >= 0.6 is 11.8 Å². The zero-order valence-corrected chi connectivity index (χ0v) is 19.8. The summed E-state index contributed by atoms with van der Waals surface area (Å²) in [6.07, 6.45) is -1.66. The van der Waals surface area contributed by atoms with Gasteiger partial charge in [-0.05, 0) is 22.3 Å². The molecule has 34 heavy (non-hydrogen) atoms. The van der Waals surface area contributed by atoms with Gasteiger partial charge in [-0.15, -0.1) is 0 Å².